The Bertz CT molecular complexity index is 1180. The lowest BCUT2D eigenvalue weighted by atomic mass is 9.98. The third-order valence-corrected chi connectivity index (χ3v) is 7.35. The zero-order valence-corrected chi connectivity index (χ0v) is 24.3. The van der Waals surface area contributed by atoms with Crippen molar-refractivity contribution in [2.45, 2.75) is 90.5 Å². The molecule has 2 aromatic rings. The van der Waals surface area contributed by atoms with Crippen molar-refractivity contribution < 1.29 is 19.1 Å². The number of carbonyl (C=O) groups is 2. The fourth-order valence-corrected chi connectivity index (χ4v) is 5.38. The highest BCUT2D eigenvalue weighted by atomic mass is 16.6. The second kappa shape index (κ2) is 17.1. The average molecular weight is 542 g/mol. The standard InChI is InChI=1S/C35H43NO4/c1-4-7-9-11-12-19-28(18-6-3)36(25-26-39-34(37)24-13-10-8-5-2)35(38)40-27-33-31-22-16-14-20-29(31)30-21-15-17-23-32(30)33/h14-17,20-23,28,33H,6,9-13,18-19,24-27H2,1-3H3. The number of rotatable bonds is 15. The molecule has 1 unspecified atom stereocenters. The number of benzene rings is 2. The summed E-state index contributed by atoms with van der Waals surface area (Å²) < 4.78 is 11.5. The molecule has 0 fully saturated rings. The Labute approximate surface area is 240 Å². The van der Waals surface area contributed by atoms with Crippen LogP contribution in [-0.2, 0) is 14.3 Å². The molecule has 0 saturated heterocycles. The van der Waals surface area contributed by atoms with Gasteiger partial charge in [0.05, 0.1) is 6.54 Å². The summed E-state index contributed by atoms with van der Waals surface area (Å²) >= 11 is 0. The Balaban J connectivity index is 1.67. The third-order valence-electron chi connectivity index (χ3n) is 7.35. The van der Waals surface area contributed by atoms with Crippen LogP contribution in [0.1, 0.15) is 95.6 Å². The normalized spacial score (nSPS) is 12.2. The molecule has 1 aliphatic carbocycles. The van der Waals surface area contributed by atoms with Gasteiger partial charge in [-0.3, -0.25) is 4.79 Å². The molecule has 1 aliphatic rings. The Morgan fingerprint density at radius 3 is 2.10 bits per heavy atom. The van der Waals surface area contributed by atoms with Crippen LogP contribution in [0.25, 0.3) is 11.1 Å². The van der Waals surface area contributed by atoms with Gasteiger partial charge in [0, 0.05) is 31.2 Å². The molecule has 0 spiro atoms. The Morgan fingerprint density at radius 1 is 0.850 bits per heavy atom. The van der Waals surface area contributed by atoms with E-state index in [1.807, 2.05) is 31.2 Å². The van der Waals surface area contributed by atoms with Gasteiger partial charge in [0.15, 0.2) is 0 Å². The number of esters is 1. The monoisotopic (exact) mass is 541 g/mol. The smallest absolute Gasteiger partial charge is 0.410 e. The van der Waals surface area contributed by atoms with E-state index < -0.39 is 0 Å². The number of hydrogen-bond acceptors (Lipinski definition) is 4. The molecule has 3 rings (SSSR count). The van der Waals surface area contributed by atoms with Crippen LogP contribution in [0.3, 0.4) is 0 Å². The first-order valence-corrected chi connectivity index (χ1v) is 14.7. The van der Waals surface area contributed by atoms with Gasteiger partial charge >= 0.3 is 12.1 Å². The number of carbonyl (C=O) groups excluding carboxylic acids is 2. The van der Waals surface area contributed by atoms with Crippen molar-refractivity contribution in [3.05, 3.63) is 59.7 Å². The first kappa shape index (κ1) is 30.8. The molecule has 0 saturated carbocycles. The molecular weight excluding hydrogens is 498 g/mol. The highest BCUT2D eigenvalue weighted by Gasteiger charge is 2.31. The average Bonchev–Trinajstić information content (AvgIpc) is 3.29. The second-order valence-electron chi connectivity index (χ2n) is 10.1. The van der Waals surface area contributed by atoms with Crippen molar-refractivity contribution in [1.82, 2.24) is 4.90 Å². The maximum atomic E-state index is 13.6. The lowest BCUT2D eigenvalue weighted by molar-refractivity contribution is -0.144. The molecule has 1 atom stereocenters. The number of fused-ring (bicyclic) bond motifs is 3. The third kappa shape index (κ3) is 8.92. The topological polar surface area (TPSA) is 55.8 Å². The van der Waals surface area contributed by atoms with E-state index in [4.69, 9.17) is 9.47 Å². The predicted octanol–water partition coefficient (Wildman–Crippen LogP) is 7.73. The first-order chi connectivity index (χ1) is 19.6. The van der Waals surface area contributed by atoms with E-state index in [0.29, 0.717) is 25.8 Å². The van der Waals surface area contributed by atoms with Gasteiger partial charge < -0.3 is 14.4 Å². The van der Waals surface area contributed by atoms with Gasteiger partial charge in [0.2, 0.25) is 0 Å². The number of amides is 1. The molecule has 1 amide bonds. The molecule has 40 heavy (non-hydrogen) atoms. The molecule has 212 valence electrons. The van der Waals surface area contributed by atoms with Crippen LogP contribution in [0.2, 0.25) is 0 Å². The number of ether oxygens (including phenoxy) is 2. The largest absolute Gasteiger partial charge is 0.464 e. The van der Waals surface area contributed by atoms with Crippen molar-refractivity contribution in [2.75, 3.05) is 19.8 Å². The molecule has 5 heteroatoms. The van der Waals surface area contributed by atoms with E-state index in [1.54, 1.807) is 11.8 Å². The zero-order valence-electron chi connectivity index (χ0n) is 24.3. The summed E-state index contributed by atoms with van der Waals surface area (Å²) in [5.74, 6) is 11.6. The zero-order chi connectivity index (χ0) is 28.6. The molecule has 0 radical (unpaired) electrons. The fraction of sp³-hybridized carbons (Fsp3) is 0.486. The molecule has 5 nitrogen and oxygen atoms in total. The minimum Gasteiger partial charge on any atom is -0.464 e. The predicted molar refractivity (Wildman–Crippen MR) is 161 cm³/mol. The van der Waals surface area contributed by atoms with Crippen molar-refractivity contribution in [1.29, 1.82) is 0 Å². The van der Waals surface area contributed by atoms with E-state index in [-0.39, 0.29) is 37.2 Å². The van der Waals surface area contributed by atoms with Gasteiger partial charge in [-0.15, -0.1) is 23.7 Å². The fourth-order valence-electron chi connectivity index (χ4n) is 5.38. The van der Waals surface area contributed by atoms with Gasteiger partial charge in [-0.1, -0.05) is 68.3 Å². The maximum Gasteiger partial charge on any atom is 0.410 e. The summed E-state index contributed by atoms with van der Waals surface area (Å²) in [4.78, 5) is 27.7. The number of nitrogens with zero attached hydrogens (tertiary/aromatic N) is 1. The quantitative estimate of drug-likeness (QED) is 0.132. The summed E-state index contributed by atoms with van der Waals surface area (Å²) in [6, 6.07) is 16.7. The molecule has 2 aromatic carbocycles. The van der Waals surface area contributed by atoms with Crippen LogP contribution in [0.15, 0.2) is 48.5 Å². The van der Waals surface area contributed by atoms with Crippen molar-refractivity contribution in [3.63, 3.8) is 0 Å². The molecule has 0 bridgehead atoms. The van der Waals surface area contributed by atoms with E-state index in [1.165, 1.54) is 22.3 Å². The van der Waals surface area contributed by atoms with Crippen LogP contribution in [0.4, 0.5) is 4.79 Å². The number of unbranched alkanes of at least 4 members (excludes halogenated alkanes) is 3. The van der Waals surface area contributed by atoms with Gasteiger partial charge in [-0.2, -0.15) is 0 Å². The van der Waals surface area contributed by atoms with Gasteiger partial charge in [-0.05, 0) is 61.8 Å². The van der Waals surface area contributed by atoms with Crippen molar-refractivity contribution in [2.24, 2.45) is 0 Å². The first-order valence-electron chi connectivity index (χ1n) is 14.7. The van der Waals surface area contributed by atoms with Gasteiger partial charge in [-0.25, -0.2) is 4.79 Å². The Kier molecular flexibility index (Phi) is 13.2. The minimum atomic E-state index is -0.345. The lowest BCUT2D eigenvalue weighted by Gasteiger charge is -2.31. The van der Waals surface area contributed by atoms with Crippen molar-refractivity contribution in [3.8, 4) is 34.8 Å². The maximum absolute atomic E-state index is 13.6. The second-order valence-corrected chi connectivity index (χ2v) is 10.1. The number of hydrogen-bond donors (Lipinski definition) is 0. The van der Waals surface area contributed by atoms with Crippen LogP contribution in [-0.4, -0.2) is 42.8 Å². The summed E-state index contributed by atoms with van der Waals surface area (Å²) in [5.41, 5.74) is 4.78. The highest BCUT2D eigenvalue weighted by Crippen LogP contribution is 2.44. The van der Waals surface area contributed by atoms with E-state index >= 15 is 0 Å². The SMILES string of the molecule is CC#CCCCCC(CCC)N(CCOC(=O)CCCC#CC)C(=O)OCC1c2ccccc2-c2ccccc21. The highest BCUT2D eigenvalue weighted by molar-refractivity contribution is 5.79. The summed E-state index contributed by atoms with van der Waals surface area (Å²) in [7, 11) is 0. The molecule has 0 aliphatic heterocycles. The van der Waals surface area contributed by atoms with Crippen LogP contribution >= 0.6 is 0 Å². The lowest BCUT2D eigenvalue weighted by Crippen LogP contribution is -2.43. The Hall–Kier alpha value is -3.70. The molecule has 0 heterocycles. The molecule has 0 aromatic heterocycles. The van der Waals surface area contributed by atoms with Gasteiger partial charge in [0.25, 0.3) is 0 Å². The van der Waals surface area contributed by atoms with Gasteiger partial charge in [0.1, 0.15) is 13.2 Å². The van der Waals surface area contributed by atoms with E-state index in [9.17, 15) is 9.59 Å². The van der Waals surface area contributed by atoms with Crippen LogP contribution < -0.4 is 0 Å². The Morgan fingerprint density at radius 2 is 1.48 bits per heavy atom. The van der Waals surface area contributed by atoms with Crippen LogP contribution in [0, 0.1) is 23.7 Å². The summed E-state index contributed by atoms with van der Waals surface area (Å²) in [5, 5.41) is 0. The van der Waals surface area contributed by atoms with Crippen LogP contribution in [0.5, 0.6) is 0 Å². The molecular formula is C35H43NO4. The van der Waals surface area contributed by atoms with Crippen molar-refractivity contribution >= 4 is 12.1 Å². The summed E-state index contributed by atoms with van der Waals surface area (Å²) in [6.45, 7) is 6.52. The molecule has 0 N–H and O–H groups in total. The minimum absolute atomic E-state index is 0.000471. The van der Waals surface area contributed by atoms with E-state index in [0.717, 1.165) is 38.5 Å². The van der Waals surface area contributed by atoms with E-state index in [2.05, 4.69) is 54.9 Å². The summed E-state index contributed by atoms with van der Waals surface area (Å²) in [6.07, 6.45) is 6.86.